The van der Waals surface area contributed by atoms with E-state index in [4.69, 9.17) is 5.11 Å². The van der Waals surface area contributed by atoms with Crippen molar-refractivity contribution in [3.8, 4) is 0 Å². The molecule has 0 radical (unpaired) electrons. The number of nitrogens with zero attached hydrogens (tertiary/aromatic N) is 1. The second-order valence-corrected chi connectivity index (χ2v) is 5.70. The molecule has 2 rings (SSSR count). The second kappa shape index (κ2) is 6.03. The Kier molecular flexibility index (Phi) is 4.37. The van der Waals surface area contributed by atoms with E-state index in [9.17, 15) is 9.59 Å². The van der Waals surface area contributed by atoms with Crippen LogP contribution in [0.2, 0.25) is 0 Å². The molecule has 1 heterocycles. The smallest absolute Gasteiger partial charge is 0.306 e. The summed E-state index contributed by atoms with van der Waals surface area (Å²) in [6, 6.07) is 1.92. The fourth-order valence-electron chi connectivity index (χ4n) is 2.53. The van der Waals surface area contributed by atoms with Crippen molar-refractivity contribution in [1.82, 2.24) is 4.98 Å². The summed E-state index contributed by atoms with van der Waals surface area (Å²) in [5.41, 5.74) is 1.75. The van der Waals surface area contributed by atoms with Gasteiger partial charge in [-0.2, -0.15) is 0 Å². The van der Waals surface area contributed by atoms with Gasteiger partial charge in [-0.05, 0) is 36.8 Å². The Labute approximate surface area is 118 Å². The molecular weight excluding hydrogens is 256 g/mol. The second-order valence-electron chi connectivity index (χ2n) is 5.70. The molecule has 1 aromatic rings. The Morgan fingerprint density at radius 1 is 1.30 bits per heavy atom. The van der Waals surface area contributed by atoms with Crippen LogP contribution >= 0.6 is 0 Å². The van der Waals surface area contributed by atoms with Gasteiger partial charge in [0, 0.05) is 12.1 Å². The van der Waals surface area contributed by atoms with E-state index < -0.39 is 5.97 Å². The van der Waals surface area contributed by atoms with Crippen molar-refractivity contribution in [2.75, 3.05) is 5.32 Å². The highest BCUT2D eigenvalue weighted by Crippen LogP contribution is 2.32. The minimum absolute atomic E-state index is 0.101. The third-order valence-electron chi connectivity index (χ3n) is 3.85. The zero-order valence-corrected chi connectivity index (χ0v) is 11.8. The number of nitrogens with one attached hydrogen (secondary N) is 1. The molecule has 0 bridgehead atoms. The van der Waals surface area contributed by atoms with E-state index in [0.717, 1.165) is 5.56 Å². The molecule has 5 nitrogen and oxygen atoms in total. The fraction of sp³-hybridized carbons (Fsp3) is 0.533. The van der Waals surface area contributed by atoms with Crippen LogP contribution in [-0.2, 0) is 9.59 Å². The summed E-state index contributed by atoms with van der Waals surface area (Å²) in [7, 11) is 0. The van der Waals surface area contributed by atoms with Gasteiger partial charge in [-0.15, -0.1) is 0 Å². The molecule has 20 heavy (non-hydrogen) atoms. The zero-order valence-electron chi connectivity index (χ0n) is 11.8. The van der Waals surface area contributed by atoms with Gasteiger partial charge in [0.2, 0.25) is 5.91 Å². The molecule has 1 aliphatic rings. The third-order valence-corrected chi connectivity index (χ3v) is 3.85. The van der Waals surface area contributed by atoms with Gasteiger partial charge in [-0.1, -0.05) is 13.8 Å². The van der Waals surface area contributed by atoms with Crippen LogP contribution in [-0.4, -0.2) is 22.0 Å². The Bertz CT molecular complexity index is 514. The van der Waals surface area contributed by atoms with Crippen molar-refractivity contribution >= 4 is 17.6 Å². The van der Waals surface area contributed by atoms with Gasteiger partial charge in [0.1, 0.15) is 0 Å². The van der Waals surface area contributed by atoms with E-state index >= 15 is 0 Å². The fourth-order valence-corrected chi connectivity index (χ4v) is 2.53. The number of carbonyl (C=O) groups is 2. The number of carboxylic acids is 1. The number of aliphatic carboxylic acids is 1. The third kappa shape index (κ3) is 3.35. The highest BCUT2D eigenvalue weighted by Gasteiger charge is 2.33. The summed E-state index contributed by atoms with van der Waals surface area (Å²) in [5.74, 6) is -1.15. The van der Waals surface area contributed by atoms with E-state index in [-0.39, 0.29) is 17.7 Å². The van der Waals surface area contributed by atoms with Crippen molar-refractivity contribution in [2.45, 2.75) is 39.0 Å². The van der Waals surface area contributed by atoms with Crippen LogP contribution < -0.4 is 5.32 Å². The maximum atomic E-state index is 12.1. The molecular formula is C15H20N2O3. The first-order chi connectivity index (χ1) is 9.47. The highest BCUT2D eigenvalue weighted by molar-refractivity contribution is 5.93. The molecule has 1 amide bonds. The zero-order chi connectivity index (χ0) is 14.7. The van der Waals surface area contributed by atoms with Gasteiger partial charge < -0.3 is 10.4 Å². The summed E-state index contributed by atoms with van der Waals surface area (Å²) < 4.78 is 0. The van der Waals surface area contributed by atoms with E-state index in [2.05, 4.69) is 24.1 Å². The van der Waals surface area contributed by atoms with Crippen LogP contribution in [0, 0.1) is 11.8 Å². The number of hydrogen-bond acceptors (Lipinski definition) is 3. The Morgan fingerprint density at radius 2 is 2.00 bits per heavy atom. The van der Waals surface area contributed by atoms with Crippen LogP contribution in [0.25, 0.3) is 0 Å². The molecule has 1 aromatic heterocycles. The van der Waals surface area contributed by atoms with Gasteiger partial charge >= 0.3 is 5.97 Å². The number of pyridine rings is 1. The summed E-state index contributed by atoms with van der Waals surface area (Å²) in [4.78, 5) is 27.2. The van der Waals surface area contributed by atoms with Crippen LogP contribution in [0.5, 0.6) is 0 Å². The maximum Gasteiger partial charge on any atom is 0.306 e. The lowest BCUT2D eigenvalue weighted by molar-refractivity contribution is -0.141. The van der Waals surface area contributed by atoms with Gasteiger partial charge in [-0.3, -0.25) is 14.6 Å². The standard InChI is InChI=1S/C15H20N2O3/c1-9(2)12-6-13(8-16-7-12)17-14(18)10-3-4-11(5-10)15(19)20/h6-11H,3-5H2,1-2H3,(H,17,18)(H,19,20)/t10-,11+/m1/s1. The van der Waals surface area contributed by atoms with Gasteiger partial charge in [0.25, 0.3) is 0 Å². The lowest BCUT2D eigenvalue weighted by Gasteiger charge is -2.12. The summed E-state index contributed by atoms with van der Waals surface area (Å²) in [5, 5.41) is 11.8. The topological polar surface area (TPSA) is 79.3 Å². The molecule has 0 unspecified atom stereocenters. The molecule has 0 aromatic carbocycles. The predicted molar refractivity (Wildman–Crippen MR) is 75.4 cm³/mol. The highest BCUT2D eigenvalue weighted by atomic mass is 16.4. The number of anilines is 1. The largest absolute Gasteiger partial charge is 0.481 e. The molecule has 0 spiro atoms. The van der Waals surface area contributed by atoms with Gasteiger partial charge in [0.05, 0.1) is 17.8 Å². The number of carboxylic acid groups (broad SMARTS) is 1. The average Bonchev–Trinajstić information content (AvgIpc) is 2.88. The Morgan fingerprint density at radius 3 is 2.60 bits per heavy atom. The van der Waals surface area contributed by atoms with Crippen molar-refractivity contribution in [1.29, 1.82) is 0 Å². The first kappa shape index (κ1) is 14.5. The molecule has 108 valence electrons. The number of aromatic nitrogens is 1. The Balaban J connectivity index is 1.98. The van der Waals surface area contributed by atoms with Crippen LogP contribution in [0.15, 0.2) is 18.5 Å². The molecule has 1 fully saturated rings. The number of hydrogen-bond donors (Lipinski definition) is 2. The predicted octanol–water partition coefficient (Wildman–Crippen LogP) is 2.64. The van der Waals surface area contributed by atoms with E-state index in [1.807, 2.05) is 6.07 Å². The minimum atomic E-state index is -0.802. The summed E-state index contributed by atoms with van der Waals surface area (Å²) >= 11 is 0. The Hall–Kier alpha value is -1.91. The van der Waals surface area contributed by atoms with Crippen molar-refractivity contribution in [2.24, 2.45) is 11.8 Å². The average molecular weight is 276 g/mol. The van der Waals surface area contributed by atoms with Crippen LogP contribution in [0.3, 0.4) is 0 Å². The molecule has 0 saturated heterocycles. The van der Waals surface area contributed by atoms with E-state index in [1.54, 1.807) is 12.4 Å². The molecule has 1 aliphatic carbocycles. The van der Waals surface area contributed by atoms with Crippen molar-refractivity contribution in [3.05, 3.63) is 24.0 Å². The monoisotopic (exact) mass is 276 g/mol. The minimum Gasteiger partial charge on any atom is -0.481 e. The van der Waals surface area contributed by atoms with Crippen molar-refractivity contribution in [3.63, 3.8) is 0 Å². The lowest BCUT2D eigenvalue weighted by Crippen LogP contribution is -2.21. The molecule has 2 atom stereocenters. The molecule has 0 aliphatic heterocycles. The van der Waals surface area contributed by atoms with Gasteiger partial charge in [-0.25, -0.2) is 0 Å². The number of rotatable bonds is 4. The van der Waals surface area contributed by atoms with Crippen LogP contribution in [0.1, 0.15) is 44.6 Å². The number of amides is 1. The molecule has 2 N–H and O–H groups in total. The quantitative estimate of drug-likeness (QED) is 0.886. The maximum absolute atomic E-state index is 12.1. The lowest BCUT2D eigenvalue weighted by atomic mass is 10.0. The van der Waals surface area contributed by atoms with Crippen LogP contribution in [0.4, 0.5) is 5.69 Å². The first-order valence-electron chi connectivity index (χ1n) is 6.96. The number of carbonyl (C=O) groups excluding carboxylic acids is 1. The van der Waals surface area contributed by atoms with E-state index in [1.165, 1.54) is 0 Å². The van der Waals surface area contributed by atoms with E-state index in [0.29, 0.717) is 30.9 Å². The summed E-state index contributed by atoms with van der Waals surface area (Å²) in [6.07, 6.45) is 5.06. The van der Waals surface area contributed by atoms with Gasteiger partial charge in [0.15, 0.2) is 0 Å². The SMILES string of the molecule is CC(C)c1cncc(NC(=O)[C@@H]2CC[C@H](C(=O)O)C2)c1. The molecule has 1 saturated carbocycles. The summed E-state index contributed by atoms with van der Waals surface area (Å²) in [6.45, 7) is 4.13. The molecule has 5 heteroatoms. The van der Waals surface area contributed by atoms with Crippen molar-refractivity contribution < 1.29 is 14.7 Å². The first-order valence-corrected chi connectivity index (χ1v) is 6.96. The normalized spacial score (nSPS) is 21.9.